The highest BCUT2D eigenvalue weighted by atomic mass is 19.4. The van der Waals surface area contributed by atoms with Crippen LogP contribution in [0.4, 0.5) is 40.7 Å². The summed E-state index contributed by atoms with van der Waals surface area (Å²) in [5.41, 5.74) is 0.549. The van der Waals surface area contributed by atoms with Crippen molar-refractivity contribution >= 4 is 65.2 Å². The molecule has 7 aromatic carbocycles. The number of allylic oxidation sites excluding steroid dienone is 1. The molecule has 0 atom stereocenters. The van der Waals surface area contributed by atoms with Crippen LogP contribution >= 0.6 is 0 Å². The molecule has 0 spiro atoms. The van der Waals surface area contributed by atoms with Gasteiger partial charge in [-0.25, -0.2) is 9.59 Å². The van der Waals surface area contributed by atoms with Crippen LogP contribution in [0, 0.1) is 13.8 Å². The Morgan fingerprint density at radius 2 is 1.26 bits per heavy atom. The van der Waals surface area contributed by atoms with Crippen molar-refractivity contribution in [1.29, 1.82) is 0 Å². The number of para-hydroxylation sites is 1. The van der Waals surface area contributed by atoms with E-state index in [2.05, 4.69) is 0 Å². The van der Waals surface area contributed by atoms with Gasteiger partial charge in [0, 0.05) is 80.4 Å². The van der Waals surface area contributed by atoms with Gasteiger partial charge in [-0.05, 0) is 130 Å². The summed E-state index contributed by atoms with van der Waals surface area (Å²) < 4.78 is 150. The zero-order chi connectivity index (χ0) is 65.7. The molecule has 0 aliphatic carbocycles. The first-order valence-electron chi connectivity index (χ1n) is 28.2. The van der Waals surface area contributed by atoms with E-state index in [4.69, 9.17) is 33.4 Å². The second-order valence-electron chi connectivity index (χ2n) is 21.1. The Bertz CT molecular complexity index is 4390. The second-order valence-corrected chi connectivity index (χ2v) is 21.1. The van der Waals surface area contributed by atoms with Crippen LogP contribution in [0.15, 0.2) is 143 Å². The molecule has 3 heterocycles. The average Bonchev–Trinajstić information content (AvgIpc) is 1.66. The maximum absolute atomic E-state index is 15.5. The summed E-state index contributed by atoms with van der Waals surface area (Å²) in [5, 5.41) is 0.273. The molecule has 2 aliphatic heterocycles. The minimum atomic E-state index is -4.70. The second kappa shape index (κ2) is 24.9. The van der Waals surface area contributed by atoms with Crippen molar-refractivity contribution in [2.45, 2.75) is 60.3 Å². The lowest BCUT2D eigenvalue weighted by Gasteiger charge is -2.29. The van der Waals surface area contributed by atoms with Crippen molar-refractivity contribution < 1.29 is 87.4 Å². The van der Waals surface area contributed by atoms with E-state index < -0.39 is 54.7 Å². The Balaban J connectivity index is 1.02. The molecule has 1 aromatic heterocycles. The molecule has 0 N–H and O–H groups in total. The smallest absolute Gasteiger partial charge is 0.496 e. The highest BCUT2D eigenvalue weighted by Gasteiger charge is 2.40. The summed E-state index contributed by atoms with van der Waals surface area (Å²) in [7, 11) is 0.771. The van der Waals surface area contributed by atoms with Gasteiger partial charge in [0.2, 0.25) is 0 Å². The number of benzene rings is 7. The lowest BCUT2D eigenvalue weighted by atomic mass is 9.82. The van der Waals surface area contributed by atoms with Crippen molar-refractivity contribution in [2.75, 3.05) is 39.4 Å². The summed E-state index contributed by atoms with van der Waals surface area (Å²) in [6.07, 6.45) is -9.24. The number of amides is 1. The fraction of sp³-hybridized carbons (Fsp3) is 0.206. The number of carbonyl (C=O) groups excluding carboxylic acids is 5. The van der Waals surface area contributed by atoms with Crippen LogP contribution < -0.4 is 23.8 Å². The van der Waals surface area contributed by atoms with Gasteiger partial charge >= 0.3 is 37.7 Å². The van der Waals surface area contributed by atoms with Gasteiger partial charge in [0.1, 0.15) is 28.7 Å². The predicted molar refractivity (Wildman–Crippen MR) is 325 cm³/mol. The zero-order valence-electron chi connectivity index (χ0n) is 50.2. The van der Waals surface area contributed by atoms with Crippen LogP contribution in [0.25, 0.3) is 49.7 Å². The van der Waals surface area contributed by atoms with Crippen LogP contribution in [0.1, 0.15) is 98.0 Å². The number of rotatable bonds is 17. The number of aromatic nitrogens is 1. The highest BCUT2D eigenvalue weighted by molar-refractivity contribution is 6.42. The van der Waals surface area contributed by atoms with E-state index >= 15 is 13.4 Å². The first kappa shape index (κ1) is 63.7. The maximum atomic E-state index is 15.5. The summed E-state index contributed by atoms with van der Waals surface area (Å²) in [6, 6.07) is 26.8. The van der Waals surface area contributed by atoms with E-state index in [-0.39, 0.29) is 149 Å². The number of halogens is 8. The van der Waals surface area contributed by atoms with Crippen LogP contribution in [-0.4, -0.2) is 82.2 Å². The first-order chi connectivity index (χ1) is 43.3. The molecule has 0 bridgehead atoms. The number of ether oxygens (including phenoxy) is 6. The molecule has 466 valence electrons. The number of aliphatic imine (C=N–C) groups is 1. The van der Waals surface area contributed by atoms with E-state index in [0.29, 0.717) is 33.0 Å². The third kappa shape index (κ3) is 11.7. The largest absolute Gasteiger partial charge is 0.677 e. The molecule has 0 unspecified atom stereocenters. The number of alkyl halides is 6. The van der Waals surface area contributed by atoms with Gasteiger partial charge in [-0.2, -0.15) is 26.3 Å². The maximum Gasteiger partial charge on any atom is 0.677 e. The Kier molecular flexibility index (Phi) is 17.4. The summed E-state index contributed by atoms with van der Waals surface area (Å²) >= 11 is 0. The van der Waals surface area contributed by atoms with Gasteiger partial charge < -0.3 is 37.8 Å². The van der Waals surface area contributed by atoms with Crippen LogP contribution in [0.5, 0.6) is 28.7 Å². The average molecular weight is 1250 g/mol. The summed E-state index contributed by atoms with van der Waals surface area (Å²) in [5.74, 6) is -3.00. The van der Waals surface area contributed by atoms with Crippen molar-refractivity contribution in [1.82, 2.24) is 4.48 Å². The molecule has 2 aliphatic rings. The lowest BCUT2D eigenvalue weighted by molar-refractivity contribution is -0.138. The normalized spacial score (nSPS) is 13.3. The van der Waals surface area contributed by atoms with Crippen LogP contribution in [0.3, 0.4) is 0 Å². The predicted octanol–water partition coefficient (Wildman–Crippen LogP) is 15.7. The van der Waals surface area contributed by atoms with Gasteiger partial charge in [0.25, 0.3) is 5.91 Å². The third-order valence-corrected chi connectivity index (χ3v) is 15.8. The monoisotopic (exact) mass is 1250 g/mol. The number of methoxy groups -OCH3 is 2. The van der Waals surface area contributed by atoms with E-state index in [0.717, 1.165) is 24.3 Å². The van der Waals surface area contributed by atoms with Gasteiger partial charge in [0.15, 0.2) is 6.29 Å². The molecular formula is C68H54BF8N3O11. The minimum Gasteiger partial charge on any atom is -0.496 e. The number of hydrogen-bond acceptors (Lipinski definition) is 12. The van der Waals surface area contributed by atoms with Crippen molar-refractivity contribution in [3.8, 4) is 62.1 Å². The Morgan fingerprint density at radius 3 is 1.81 bits per heavy atom. The molecule has 91 heavy (non-hydrogen) atoms. The number of carbonyl (C=O) groups is 5. The number of fused-ring (bicyclic) bond motifs is 2. The Labute approximate surface area is 516 Å². The molecular weight excluding hydrogens is 1200 g/mol. The molecule has 0 radical (unpaired) electrons. The summed E-state index contributed by atoms with van der Waals surface area (Å²) in [4.78, 5) is 75.2. The van der Waals surface area contributed by atoms with E-state index in [1.165, 1.54) is 101 Å². The van der Waals surface area contributed by atoms with Crippen molar-refractivity contribution in [2.24, 2.45) is 4.99 Å². The number of anilines is 1. The van der Waals surface area contributed by atoms with Crippen LogP contribution in [-0.2, 0) is 37.8 Å². The van der Waals surface area contributed by atoms with Gasteiger partial charge in [0.05, 0.1) is 73.1 Å². The third-order valence-electron chi connectivity index (χ3n) is 15.8. The van der Waals surface area contributed by atoms with Crippen LogP contribution in [0.2, 0.25) is 0 Å². The molecule has 0 saturated carbocycles. The standard InChI is InChI=1S/C68H54BF8N3O11/c1-10-88-65(84)54-34(3)61(78-36(54)5)60(62-35(4)55(66(85)89-11-2)37(6)80(62)69(76)77)58-51(86-8)30-45(31-52(58)87-9)90-53(82)28-38-16-26-44(27-17-38)79(7)64(83)49-32-48(40-20-24-43(25-21-40)68(73,74)75)63-59-56(49)41(33-81)29-47(39-18-22-42(23-19-39)67(70,71)72)57(59)46-14-12-13-15-50(46)91-63/h12-27,29-33H,10-11,28H2,1-9H3/b61-60-. The first-order valence-corrected chi connectivity index (χ1v) is 28.2. The minimum absolute atomic E-state index is 0.0229. The fourth-order valence-corrected chi connectivity index (χ4v) is 11.6. The number of hydrogen-bond donors (Lipinski definition) is 0. The number of aldehydes is 1. The zero-order valence-corrected chi connectivity index (χ0v) is 50.2. The van der Waals surface area contributed by atoms with E-state index in [1.54, 1.807) is 64.1 Å². The molecule has 14 nitrogen and oxygen atoms in total. The van der Waals surface area contributed by atoms with Gasteiger partial charge in [-0.15, -0.1) is 0 Å². The van der Waals surface area contributed by atoms with E-state index in [9.17, 15) is 45.5 Å². The topological polar surface area (TPSA) is 161 Å². The molecule has 0 fully saturated rings. The van der Waals surface area contributed by atoms with Crippen molar-refractivity contribution in [3.63, 3.8) is 0 Å². The van der Waals surface area contributed by atoms with Gasteiger partial charge in [-0.3, -0.25) is 28.0 Å². The molecule has 0 saturated heterocycles. The number of nitrogens with zero attached hydrogens (tertiary/aromatic N) is 3. The fourth-order valence-electron chi connectivity index (χ4n) is 11.6. The molecule has 8 aromatic rings. The molecule has 1 amide bonds. The summed E-state index contributed by atoms with van der Waals surface area (Å²) in [6.45, 7) is 9.08. The number of esters is 3. The van der Waals surface area contributed by atoms with E-state index in [1.807, 2.05) is 0 Å². The quantitative estimate of drug-likeness (QED) is 0.0280. The SMILES string of the molecule is CCOC(=O)C1=C(C)/C(=C(\c2c(OC)cc(OC(=O)Cc3ccc(N(C)C(=O)c4cc(-c5ccc(C(F)(F)F)cc5)c5c6c(c(-c7ccc(C(F)(F)F)cc7)cc(C=O)c46)-c4ccccc4O5)cc3)cc2OC)c2c(C)c(C(=O)OCC)c(C)n2B(F)F)N=C1C. The van der Waals surface area contributed by atoms with Crippen molar-refractivity contribution in [3.05, 3.63) is 194 Å². The van der Waals surface area contributed by atoms with Gasteiger partial charge in [-0.1, -0.05) is 54.6 Å². The Morgan fingerprint density at radius 1 is 0.692 bits per heavy atom. The highest BCUT2D eigenvalue weighted by Crippen LogP contribution is 2.56. The Hall–Kier alpha value is -10.3. The molecule has 10 rings (SSSR count). The molecule has 23 heteroatoms. The lowest BCUT2D eigenvalue weighted by Crippen LogP contribution is -2.27.